The van der Waals surface area contributed by atoms with Crippen LogP contribution in [-0.2, 0) is 4.79 Å². The van der Waals surface area contributed by atoms with Gasteiger partial charge < -0.3 is 0 Å². The van der Waals surface area contributed by atoms with Crippen molar-refractivity contribution in [3.63, 3.8) is 0 Å². The summed E-state index contributed by atoms with van der Waals surface area (Å²) in [5.74, 6) is 0.164. The molecule has 0 saturated carbocycles. The zero-order chi connectivity index (χ0) is 10.6. The number of halogens is 2. The highest BCUT2D eigenvalue weighted by Gasteiger charge is 1.99. The lowest BCUT2D eigenvalue weighted by Crippen LogP contribution is -1.88. The first kappa shape index (κ1) is 11.9. The van der Waals surface area contributed by atoms with Crippen LogP contribution in [0.25, 0.3) is 3.58 Å². The minimum absolute atomic E-state index is 0.164. The number of hydrogen-bond acceptors (Lipinski definition) is 1. The van der Waals surface area contributed by atoms with Crippen LogP contribution in [0.1, 0.15) is 18.9 Å². The fourth-order valence-electron chi connectivity index (χ4n) is 0.936. The van der Waals surface area contributed by atoms with Crippen molar-refractivity contribution < 1.29 is 4.79 Å². The summed E-state index contributed by atoms with van der Waals surface area (Å²) in [5.41, 5.74) is 1.08. The average Bonchev–Trinajstić information content (AvgIpc) is 2.18. The fourth-order valence-corrected chi connectivity index (χ4v) is 1.91. The Morgan fingerprint density at radius 2 is 2.00 bits per heavy atom. The van der Waals surface area contributed by atoms with Crippen molar-refractivity contribution in [2.75, 3.05) is 0 Å². The van der Waals surface area contributed by atoms with Crippen LogP contribution in [0, 0.1) is 0 Å². The number of carbonyl (C=O) groups excluding carboxylic acids is 1. The van der Waals surface area contributed by atoms with Gasteiger partial charge in [0.1, 0.15) is 0 Å². The Balaban J connectivity index is 2.89. The molecular formula is C11H10BrIO. The molecule has 0 N–H and O–H groups in total. The van der Waals surface area contributed by atoms with E-state index in [1.165, 1.54) is 0 Å². The number of ketones is 1. The third kappa shape index (κ3) is 3.53. The molecule has 0 aromatic heterocycles. The summed E-state index contributed by atoms with van der Waals surface area (Å²) in [7, 11) is 0. The summed E-state index contributed by atoms with van der Waals surface area (Å²) in [6.07, 6.45) is 2.24. The highest BCUT2D eigenvalue weighted by molar-refractivity contribution is 14.1. The first-order valence-electron chi connectivity index (χ1n) is 4.29. The van der Waals surface area contributed by atoms with Gasteiger partial charge in [0.05, 0.1) is 0 Å². The average molecular weight is 365 g/mol. The fraction of sp³-hybridized carbons (Fsp3) is 0.182. The second kappa shape index (κ2) is 5.66. The van der Waals surface area contributed by atoms with Gasteiger partial charge in [0.25, 0.3) is 0 Å². The predicted octanol–water partition coefficient (Wildman–Crippen LogP) is 4.20. The van der Waals surface area contributed by atoms with Gasteiger partial charge in [-0.1, -0.05) is 35.0 Å². The summed E-state index contributed by atoms with van der Waals surface area (Å²) in [6, 6.07) is 7.92. The molecule has 0 bridgehead atoms. The molecule has 1 rings (SSSR count). The van der Waals surface area contributed by atoms with Crippen LogP contribution in [0.3, 0.4) is 0 Å². The predicted molar refractivity (Wildman–Crippen MR) is 71.4 cm³/mol. The van der Waals surface area contributed by atoms with Crippen LogP contribution in [0.4, 0.5) is 0 Å². The normalized spacial score (nSPS) is 11.5. The van der Waals surface area contributed by atoms with E-state index in [1.807, 2.05) is 31.2 Å². The Morgan fingerprint density at radius 1 is 1.43 bits per heavy atom. The summed E-state index contributed by atoms with van der Waals surface area (Å²) >= 11 is 5.55. The molecule has 1 nitrogen and oxygen atoms in total. The highest BCUT2D eigenvalue weighted by atomic mass is 127. The number of rotatable bonds is 3. The highest BCUT2D eigenvalue weighted by Crippen LogP contribution is 2.23. The largest absolute Gasteiger partial charge is 0.295 e. The molecule has 14 heavy (non-hydrogen) atoms. The van der Waals surface area contributed by atoms with Gasteiger partial charge in [-0.2, -0.15) is 0 Å². The van der Waals surface area contributed by atoms with Crippen LogP contribution >= 0.6 is 38.5 Å². The minimum Gasteiger partial charge on any atom is -0.295 e. The quantitative estimate of drug-likeness (QED) is 0.580. The summed E-state index contributed by atoms with van der Waals surface area (Å²) in [4.78, 5) is 11.2. The standard InChI is InChI=1S/C11H10BrIO/c1-2-10(14)7-11(13)8-3-5-9(12)6-4-8/h3-7H,2H2,1H3. The Hall–Kier alpha value is -0.160. The molecule has 74 valence electrons. The van der Waals surface area contributed by atoms with E-state index in [0.29, 0.717) is 6.42 Å². The van der Waals surface area contributed by atoms with Crippen LogP contribution < -0.4 is 0 Å². The summed E-state index contributed by atoms with van der Waals surface area (Å²) in [5, 5.41) is 0. The smallest absolute Gasteiger partial charge is 0.156 e. The van der Waals surface area contributed by atoms with E-state index in [2.05, 4.69) is 38.5 Å². The molecule has 0 amide bonds. The lowest BCUT2D eigenvalue weighted by Gasteiger charge is -1.99. The third-order valence-corrected chi connectivity index (χ3v) is 3.22. The minimum atomic E-state index is 0.164. The molecule has 3 heteroatoms. The monoisotopic (exact) mass is 364 g/mol. The van der Waals surface area contributed by atoms with E-state index >= 15 is 0 Å². The van der Waals surface area contributed by atoms with Gasteiger partial charge in [-0.05, 0) is 46.4 Å². The van der Waals surface area contributed by atoms with E-state index in [1.54, 1.807) is 6.08 Å². The topological polar surface area (TPSA) is 17.1 Å². The molecule has 1 aromatic carbocycles. The molecule has 0 aliphatic heterocycles. The maximum atomic E-state index is 11.2. The van der Waals surface area contributed by atoms with Crippen molar-refractivity contribution in [2.45, 2.75) is 13.3 Å². The molecule has 0 fully saturated rings. The first-order valence-corrected chi connectivity index (χ1v) is 6.16. The van der Waals surface area contributed by atoms with Gasteiger partial charge in [0.15, 0.2) is 5.78 Å². The van der Waals surface area contributed by atoms with Gasteiger partial charge in [-0.25, -0.2) is 0 Å². The van der Waals surface area contributed by atoms with Gasteiger partial charge in [0, 0.05) is 14.5 Å². The third-order valence-electron chi connectivity index (χ3n) is 1.76. The molecule has 0 aliphatic carbocycles. The van der Waals surface area contributed by atoms with Crippen LogP contribution in [0.5, 0.6) is 0 Å². The SMILES string of the molecule is CCC(=O)C=C(I)c1ccc(Br)cc1. The summed E-state index contributed by atoms with van der Waals surface area (Å²) < 4.78 is 2.04. The molecule has 0 radical (unpaired) electrons. The van der Waals surface area contributed by atoms with Gasteiger partial charge >= 0.3 is 0 Å². The van der Waals surface area contributed by atoms with Gasteiger partial charge in [-0.3, -0.25) is 4.79 Å². The molecule has 0 spiro atoms. The van der Waals surface area contributed by atoms with E-state index in [0.717, 1.165) is 13.6 Å². The van der Waals surface area contributed by atoms with Crippen molar-refractivity contribution in [3.05, 3.63) is 40.4 Å². The summed E-state index contributed by atoms with van der Waals surface area (Å²) in [6.45, 7) is 1.87. The number of benzene rings is 1. The molecule has 0 atom stereocenters. The Kier molecular flexibility index (Phi) is 4.81. The van der Waals surface area contributed by atoms with Crippen LogP contribution in [-0.4, -0.2) is 5.78 Å². The molecule has 0 unspecified atom stereocenters. The number of allylic oxidation sites excluding steroid dienone is 1. The first-order chi connectivity index (χ1) is 6.63. The zero-order valence-electron chi connectivity index (χ0n) is 7.76. The zero-order valence-corrected chi connectivity index (χ0v) is 11.5. The van der Waals surface area contributed by atoms with E-state index < -0.39 is 0 Å². The maximum Gasteiger partial charge on any atom is 0.156 e. The molecule has 0 aliphatic rings. The molecule has 0 saturated heterocycles. The van der Waals surface area contributed by atoms with Crippen LogP contribution in [0.15, 0.2) is 34.8 Å². The van der Waals surface area contributed by atoms with E-state index in [4.69, 9.17) is 0 Å². The molecule has 0 heterocycles. The number of hydrogen-bond donors (Lipinski definition) is 0. The number of carbonyl (C=O) groups is 1. The second-order valence-corrected chi connectivity index (χ2v) is 4.90. The molecular weight excluding hydrogens is 355 g/mol. The lowest BCUT2D eigenvalue weighted by molar-refractivity contribution is -0.114. The second-order valence-electron chi connectivity index (χ2n) is 2.82. The Labute approximate surface area is 106 Å². The van der Waals surface area contributed by atoms with Crippen LogP contribution in [0.2, 0.25) is 0 Å². The maximum absolute atomic E-state index is 11.2. The van der Waals surface area contributed by atoms with Gasteiger partial charge in [0.2, 0.25) is 0 Å². The van der Waals surface area contributed by atoms with Gasteiger partial charge in [-0.15, -0.1) is 0 Å². The van der Waals surface area contributed by atoms with Crippen molar-refractivity contribution >= 4 is 47.9 Å². The van der Waals surface area contributed by atoms with E-state index in [9.17, 15) is 4.79 Å². The lowest BCUT2D eigenvalue weighted by atomic mass is 10.2. The Bertz CT molecular complexity index is 354. The molecule has 1 aromatic rings. The van der Waals surface area contributed by atoms with Crippen molar-refractivity contribution in [1.82, 2.24) is 0 Å². The van der Waals surface area contributed by atoms with Crippen molar-refractivity contribution in [3.8, 4) is 0 Å². The van der Waals surface area contributed by atoms with Crippen molar-refractivity contribution in [1.29, 1.82) is 0 Å². The Morgan fingerprint density at radius 3 is 2.50 bits per heavy atom. The van der Waals surface area contributed by atoms with E-state index in [-0.39, 0.29) is 5.78 Å². The van der Waals surface area contributed by atoms with Crippen molar-refractivity contribution in [2.24, 2.45) is 0 Å².